The number of nitrogens with zero attached hydrogens (tertiary/aromatic N) is 1. The predicted octanol–water partition coefficient (Wildman–Crippen LogP) is 3.70. The van der Waals surface area contributed by atoms with Gasteiger partial charge in [-0.2, -0.15) is 4.31 Å². The maximum Gasteiger partial charge on any atom is 0.259 e. The third-order valence-corrected chi connectivity index (χ3v) is 7.34. The van der Waals surface area contributed by atoms with Gasteiger partial charge >= 0.3 is 0 Å². The molecule has 0 radical (unpaired) electrons. The summed E-state index contributed by atoms with van der Waals surface area (Å²) < 4.78 is 38.0. The topological polar surface area (TPSA) is 84.9 Å². The molecule has 7 nitrogen and oxygen atoms in total. The summed E-state index contributed by atoms with van der Waals surface area (Å²) in [5.41, 5.74) is 2.91. The summed E-state index contributed by atoms with van der Waals surface area (Å²) in [6.07, 6.45) is 0.613. The number of hydrogen-bond acceptors (Lipinski definition) is 5. The molecule has 0 aromatic heterocycles. The van der Waals surface area contributed by atoms with Gasteiger partial charge in [-0.15, -0.1) is 0 Å². The molecule has 0 fully saturated rings. The minimum atomic E-state index is -3.58. The number of methoxy groups -OCH3 is 2. The molecule has 1 N–H and O–H groups in total. The van der Waals surface area contributed by atoms with Crippen LogP contribution in [0.2, 0.25) is 0 Å². The third kappa shape index (κ3) is 4.32. The van der Waals surface area contributed by atoms with Crippen LogP contribution in [0.3, 0.4) is 0 Å². The van der Waals surface area contributed by atoms with E-state index in [1.807, 2.05) is 18.2 Å². The molecule has 1 aliphatic rings. The van der Waals surface area contributed by atoms with Gasteiger partial charge in [0.1, 0.15) is 11.5 Å². The minimum absolute atomic E-state index is 0.252. The number of carbonyl (C=O) groups is 1. The second-order valence-corrected chi connectivity index (χ2v) is 9.34. The van der Waals surface area contributed by atoms with Gasteiger partial charge in [0.2, 0.25) is 10.0 Å². The van der Waals surface area contributed by atoms with Crippen molar-refractivity contribution in [3.63, 3.8) is 0 Å². The standard InChI is InChI=1S/C24H24N2O5S/c1-30-20-10-11-22(23(15-20)31-2)24(27)25-19-9-8-17-12-13-26(16-18(17)14-19)32(28,29)21-6-4-3-5-7-21/h3-11,14-15H,12-13,16H2,1-2H3,(H,25,27). The van der Waals surface area contributed by atoms with Crippen molar-refractivity contribution in [1.29, 1.82) is 0 Å². The van der Waals surface area contributed by atoms with Crippen LogP contribution in [0.15, 0.2) is 71.6 Å². The number of hydrogen-bond donors (Lipinski definition) is 1. The highest BCUT2D eigenvalue weighted by Crippen LogP contribution is 2.29. The number of carbonyl (C=O) groups excluding carboxylic acids is 1. The Morgan fingerprint density at radius 2 is 1.72 bits per heavy atom. The van der Waals surface area contributed by atoms with Gasteiger partial charge in [0.25, 0.3) is 5.91 Å². The molecule has 1 amide bonds. The zero-order valence-electron chi connectivity index (χ0n) is 17.9. The van der Waals surface area contributed by atoms with E-state index in [4.69, 9.17) is 9.47 Å². The van der Waals surface area contributed by atoms with E-state index in [2.05, 4.69) is 5.32 Å². The fraction of sp³-hybridized carbons (Fsp3) is 0.208. The maximum atomic E-state index is 13.0. The van der Waals surface area contributed by atoms with E-state index in [0.29, 0.717) is 35.7 Å². The molecule has 0 aliphatic carbocycles. The Balaban J connectivity index is 1.55. The van der Waals surface area contributed by atoms with Crippen LogP contribution in [0.5, 0.6) is 11.5 Å². The van der Waals surface area contributed by atoms with Crippen LogP contribution in [0.4, 0.5) is 5.69 Å². The smallest absolute Gasteiger partial charge is 0.259 e. The molecule has 0 spiro atoms. The van der Waals surface area contributed by atoms with E-state index in [0.717, 1.165) is 11.1 Å². The average molecular weight is 453 g/mol. The quantitative estimate of drug-likeness (QED) is 0.616. The van der Waals surface area contributed by atoms with Crippen molar-refractivity contribution in [2.24, 2.45) is 0 Å². The molecule has 1 heterocycles. The number of amides is 1. The number of rotatable bonds is 6. The van der Waals surface area contributed by atoms with Gasteiger partial charge in [0.05, 0.1) is 24.7 Å². The molecule has 32 heavy (non-hydrogen) atoms. The Kier molecular flexibility index (Phi) is 6.16. The molecule has 1 aliphatic heterocycles. The van der Waals surface area contributed by atoms with E-state index in [1.54, 1.807) is 55.6 Å². The van der Waals surface area contributed by atoms with Crippen molar-refractivity contribution < 1.29 is 22.7 Å². The van der Waals surface area contributed by atoms with E-state index in [1.165, 1.54) is 11.4 Å². The lowest BCUT2D eigenvalue weighted by Crippen LogP contribution is -2.36. The first-order chi connectivity index (χ1) is 15.4. The largest absolute Gasteiger partial charge is 0.497 e. The second-order valence-electron chi connectivity index (χ2n) is 7.41. The molecule has 166 valence electrons. The second kappa shape index (κ2) is 9.02. The normalized spacial score (nSPS) is 13.8. The highest BCUT2D eigenvalue weighted by Gasteiger charge is 2.28. The van der Waals surface area contributed by atoms with Gasteiger partial charge in [-0.3, -0.25) is 4.79 Å². The summed E-state index contributed by atoms with van der Waals surface area (Å²) in [4.78, 5) is 13.1. The van der Waals surface area contributed by atoms with Crippen LogP contribution >= 0.6 is 0 Å². The molecular weight excluding hydrogens is 428 g/mol. The highest BCUT2D eigenvalue weighted by molar-refractivity contribution is 7.89. The minimum Gasteiger partial charge on any atom is -0.497 e. The van der Waals surface area contributed by atoms with Gasteiger partial charge in [0, 0.05) is 24.8 Å². The lowest BCUT2D eigenvalue weighted by Gasteiger charge is -2.28. The number of anilines is 1. The number of ether oxygens (including phenoxy) is 2. The van der Waals surface area contributed by atoms with Crippen LogP contribution in [0.25, 0.3) is 0 Å². The summed E-state index contributed by atoms with van der Waals surface area (Å²) in [7, 11) is -0.545. The molecule has 3 aromatic rings. The first-order valence-corrected chi connectivity index (χ1v) is 11.6. The molecule has 4 rings (SSSR count). The molecule has 0 saturated carbocycles. The fourth-order valence-electron chi connectivity index (χ4n) is 3.74. The van der Waals surface area contributed by atoms with Crippen LogP contribution in [-0.2, 0) is 23.0 Å². The van der Waals surface area contributed by atoms with E-state index >= 15 is 0 Å². The Hall–Kier alpha value is -3.36. The van der Waals surface area contributed by atoms with Gasteiger partial charge in [-0.05, 0) is 53.9 Å². The molecule has 0 atom stereocenters. The number of nitrogens with one attached hydrogen (secondary N) is 1. The van der Waals surface area contributed by atoms with Crippen LogP contribution in [0, 0.1) is 0 Å². The summed E-state index contributed by atoms with van der Waals surface area (Å²) in [5.74, 6) is 0.667. The number of sulfonamides is 1. The van der Waals surface area contributed by atoms with Crippen molar-refractivity contribution in [3.8, 4) is 11.5 Å². The van der Waals surface area contributed by atoms with E-state index < -0.39 is 10.0 Å². The summed E-state index contributed by atoms with van der Waals surface area (Å²) in [6, 6.07) is 19.0. The van der Waals surface area contributed by atoms with Crippen LogP contribution in [-0.4, -0.2) is 39.4 Å². The van der Waals surface area contributed by atoms with Gasteiger partial charge in [-0.1, -0.05) is 24.3 Å². The van der Waals surface area contributed by atoms with Crippen molar-refractivity contribution in [1.82, 2.24) is 4.31 Å². The molecule has 8 heteroatoms. The Bertz CT molecular complexity index is 1240. The Morgan fingerprint density at radius 1 is 0.938 bits per heavy atom. The van der Waals surface area contributed by atoms with Crippen molar-refractivity contribution in [2.75, 3.05) is 26.1 Å². The molecule has 0 saturated heterocycles. The number of benzene rings is 3. The maximum absolute atomic E-state index is 13.0. The van der Waals surface area contributed by atoms with E-state index in [-0.39, 0.29) is 17.3 Å². The molecule has 3 aromatic carbocycles. The number of fused-ring (bicyclic) bond motifs is 1. The highest BCUT2D eigenvalue weighted by atomic mass is 32.2. The molecule has 0 unspecified atom stereocenters. The fourth-order valence-corrected chi connectivity index (χ4v) is 5.18. The van der Waals surface area contributed by atoms with Crippen LogP contribution < -0.4 is 14.8 Å². The lowest BCUT2D eigenvalue weighted by atomic mass is 10.0. The lowest BCUT2D eigenvalue weighted by molar-refractivity contribution is 0.102. The van der Waals surface area contributed by atoms with Crippen molar-refractivity contribution in [2.45, 2.75) is 17.9 Å². The van der Waals surface area contributed by atoms with Crippen molar-refractivity contribution >= 4 is 21.6 Å². The Morgan fingerprint density at radius 3 is 2.44 bits per heavy atom. The SMILES string of the molecule is COc1ccc(C(=O)Nc2ccc3c(c2)CN(S(=O)(=O)c2ccccc2)CC3)c(OC)c1. The van der Waals surface area contributed by atoms with E-state index in [9.17, 15) is 13.2 Å². The van der Waals surface area contributed by atoms with Gasteiger partial charge in [0.15, 0.2) is 0 Å². The van der Waals surface area contributed by atoms with Gasteiger partial charge < -0.3 is 14.8 Å². The predicted molar refractivity (Wildman–Crippen MR) is 122 cm³/mol. The first kappa shape index (κ1) is 21.9. The summed E-state index contributed by atoms with van der Waals surface area (Å²) in [5, 5.41) is 2.88. The zero-order valence-corrected chi connectivity index (χ0v) is 18.7. The van der Waals surface area contributed by atoms with Crippen LogP contribution in [0.1, 0.15) is 21.5 Å². The molecule has 0 bridgehead atoms. The summed E-state index contributed by atoms with van der Waals surface area (Å²) >= 11 is 0. The average Bonchev–Trinajstić information content (AvgIpc) is 2.83. The summed E-state index contributed by atoms with van der Waals surface area (Å²) in [6.45, 7) is 0.668. The third-order valence-electron chi connectivity index (χ3n) is 5.48. The molecular formula is C24H24N2O5S. The zero-order chi connectivity index (χ0) is 22.7. The monoisotopic (exact) mass is 452 g/mol. The van der Waals surface area contributed by atoms with Crippen molar-refractivity contribution in [3.05, 3.63) is 83.4 Å². The van der Waals surface area contributed by atoms with Gasteiger partial charge in [-0.25, -0.2) is 8.42 Å². The Labute approximate surface area is 187 Å². The first-order valence-electron chi connectivity index (χ1n) is 10.1.